The molecule has 3 aliphatic rings. The van der Waals surface area contributed by atoms with Crippen molar-refractivity contribution in [1.82, 2.24) is 15.3 Å². The molecule has 0 bridgehead atoms. The van der Waals surface area contributed by atoms with Gasteiger partial charge in [-0.05, 0) is 61.8 Å². The third kappa shape index (κ3) is 6.83. The lowest BCUT2D eigenvalue weighted by Crippen LogP contribution is -2.33. The van der Waals surface area contributed by atoms with E-state index in [1.54, 1.807) is 0 Å². The molecule has 0 aliphatic heterocycles. The summed E-state index contributed by atoms with van der Waals surface area (Å²) in [5.41, 5.74) is 19.9. The van der Waals surface area contributed by atoms with Gasteiger partial charge < -0.3 is 5.73 Å². The van der Waals surface area contributed by atoms with E-state index in [4.69, 9.17) is 5.73 Å². The molecule has 0 radical (unpaired) electrons. The van der Waals surface area contributed by atoms with E-state index >= 15 is 0 Å². The van der Waals surface area contributed by atoms with Crippen LogP contribution in [0, 0.1) is 11.8 Å². The molecule has 4 heteroatoms. The summed E-state index contributed by atoms with van der Waals surface area (Å²) in [4.78, 5) is 2.21. The van der Waals surface area contributed by atoms with E-state index in [-0.39, 0.29) is 0 Å². The van der Waals surface area contributed by atoms with E-state index < -0.39 is 0 Å². The molecule has 3 aliphatic carbocycles. The summed E-state index contributed by atoms with van der Waals surface area (Å²) in [6.07, 6.45) is 21.1. The van der Waals surface area contributed by atoms with Crippen molar-refractivity contribution in [1.29, 1.82) is 0 Å². The first-order valence-electron chi connectivity index (χ1n) is 10.5. The lowest BCUT2D eigenvalue weighted by Gasteiger charge is -2.24. The standard InChI is InChI=1S/C26H32N4/c1-21-16-24(17-22-14-15-22)12-9-13-26(21)30(28-2)20-25(27)19-29(3)18-23-10-7-5-4-6-8-11-23/h7,9-12,16-17,20,28H,5,8,14-15,18-19,27H2,1-3H3/b10-7?,23-11?,25-20-. The Bertz CT molecular complexity index is 960. The fourth-order valence-electron chi connectivity index (χ4n) is 3.41. The molecule has 3 rings (SSSR count). The Morgan fingerprint density at radius 2 is 2.07 bits per heavy atom. The van der Waals surface area contributed by atoms with Gasteiger partial charge in [0.15, 0.2) is 0 Å². The molecule has 1 fully saturated rings. The van der Waals surface area contributed by atoms with Crippen molar-refractivity contribution >= 4 is 0 Å². The minimum Gasteiger partial charge on any atom is -0.400 e. The second kappa shape index (κ2) is 10.7. The van der Waals surface area contributed by atoms with Gasteiger partial charge in [0.2, 0.25) is 0 Å². The third-order valence-corrected chi connectivity index (χ3v) is 4.99. The van der Waals surface area contributed by atoms with Crippen LogP contribution in [0.3, 0.4) is 0 Å². The summed E-state index contributed by atoms with van der Waals surface area (Å²) in [5, 5.41) is 1.94. The van der Waals surface area contributed by atoms with Gasteiger partial charge in [-0.15, -0.1) is 0 Å². The summed E-state index contributed by atoms with van der Waals surface area (Å²) in [5.74, 6) is 6.27. The van der Waals surface area contributed by atoms with Gasteiger partial charge in [0.25, 0.3) is 0 Å². The van der Waals surface area contributed by atoms with Crippen LogP contribution in [0.25, 0.3) is 0 Å². The summed E-state index contributed by atoms with van der Waals surface area (Å²) < 4.78 is 0. The number of nitrogens with one attached hydrogen (secondary N) is 1. The van der Waals surface area contributed by atoms with Crippen molar-refractivity contribution in [3.05, 3.63) is 88.1 Å². The summed E-state index contributed by atoms with van der Waals surface area (Å²) in [6.45, 7) is 3.62. The van der Waals surface area contributed by atoms with Crippen LogP contribution in [0.5, 0.6) is 0 Å². The lowest BCUT2D eigenvalue weighted by atomic mass is 10.1. The highest BCUT2D eigenvalue weighted by Gasteiger charge is 2.13. The zero-order valence-corrected chi connectivity index (χ0v) is 18.3. The van der Waals surface area contributed by atoms with E-state index in [2.05, 4.69) is 78.3 Å². The molecule has 0 atom stereocenters. The van der Waals surface area contributed by atoms with Crippen LogP contribution >= 0.6 is 0 Å². The average molecular weight is 401 g/mol. The Morgan fingerprint density at radius 1 is 1.27 bits per heavy atom. The van der Waals surface area contributed by atoms with Crippen molar-refractivity contribution in [3.63, 3.8) is 0 Å². The molecule has 0 amide bonds. The maximum Gasteiger partial charge on any atom is 0.102 e. The highest BCUT2D eigenvalue weighted by Crippen LogP contribution is 2.30. The van der Waals surface area contributed by atoms with Crippen molar-refractivity contribution in [2.24, 2.45) is 5.73 Å². The zero-order valence-electron chi connectivity index (χ0n) is 18.3. The van der Waals surface area contributed by atoms with Crippen LogP contribution in [0.2, 0.25) is 0 Å². The second-order valence-electron chi connectivity index (χ2n) is 7.87. The summed E-state index contributed by atoms with van der Waals surface area (Å²) >= 11 is 0. The molecular formula is C26H32N4. The molecule has 0 unspecified atom stereocenters. The number of nitrogens with zero attached hydrogens (tertiary/aromatic N) is 2. The number of hydrazine groups is 1. The second-order valence-corrected chi connectivity index (χ2v) is 7.87. The Morgan fingerprint density at radius 3 is 2.83 bits per heavy atom. The predicted molar refractivity (Wildman–Crippen MR) is 126 cm³/mol. The maximum atomic E-state index is 6.39. The quantitative estimate of drug-likeness (QED) is 0.366. The van der Waals surface area contributed by atoms with Gasteiger partial charge in [-0.25, -0.2) is 5.43 Å². The van der Waals surface area contributed by atoms with Crippen LogP contribution in [0.1, 0.15) is 32.6 Å². The third-order valence-electron chi connectivity index (χ3n) is 4.99. The van der Waals surface area contributed by atoms with Gasteiger partial charge in [-0.1, -0.05) is 47.4 Å². The van der Waals surface area contributed by atoms with E-state index in [1.807, 2.05) is 24.3 Å². The molecule has 0 aromatic rings. The van der Waals surface area contributed by atoms with Gasteiger partial charge in [0.1, 0.15) is 5.70 Å². The van der Waals surface area contributed by atoms with Gasteiger partial charge in [0.05, 0.1) is 0 Å². The zero-order chi connectivity index (χ0) is 21.3. The number of allylic oxidation sites excluding steroid dienone is 8. The molecule has 1 saturated carbocycles. The molecule has 3 N–H and O–H groups in total. The largest absolute Gasteiger partial charge is 0.400 e. The van der Waals surface area contributed by atoms with Crippen molar-refractivity contribution in [3.8, 4) is 11.8 Å². The van der Waals surface area contributed by atoms with E-state index in [0.717, 1.165) is 36.4 Å². The number of hydrogen-bond acceptors (Lipinski definition) is 4. The summed E-state index contributed by atoms with van der Waals surface area (Å²) in [6, 6.07) is 0. The smallest absolute Gasteiger partial charge is 0.102 e. The molecule has 0 heterocycles. The molecular weight excluding hydrogens is 368 g/mol. The lowest BCUT2D eigenvalue weighted by molar-refractivity contribution is 0.361. The highest BCUT2D eigenvalue weighted by atomic mass is 15.5. The fraction of sp³-hybridized carbons (Fsp3) is 0.346. The number of rotatable bonds is 8. The van der Waals surface area contributed by atoms with Gasteiger partial charge in [-0.2, -0.15) is 0 Å². The first kappa shape index (κ1) is 21.7. The Balaban J connectivity index is 1.64. The number of likely N-dealkylation sites (N-methyl/N-ethyl adjacent to an activating group) is 1. The highest BCUT2D eigenvalue weighted by molar-refractivity contribution is 5.47. The molecule has 0 aromatic heterocycles. The topological polar surface area (TPSA) is 44.5 Å². The number of hydrogen-bond donors (Lipinski definition) is 2. The van der Waals surface area contributed by atoms with Crippen molar-refractivity contribution in [2.45, 2.75) is 32.6 Å². The SMILES string of the molecule is CNN(/C=C(\N)CN(C)CC1=CCC#CCC=C1)C1=C=CC=C(C=C2CC2)C=C1C. The molecule has 30 heavy (non-hydrogen) atoms. The molecule has 156 valence electrons. The fourth-order valence-corrected chi connectivity index (χ4v) is 3.41. The van der Waals surface area contributed by atoms with Crippen molar-refractivity contribution < 1.29 is 0 Å². The van der Waals surface area contributed by atoms with Crippen LogP contribution in [0.4, 0.5) is 0 Å². The van der Waals surface area contributed by atoms with E-state index in [9.17, 15) is 0 Å². The minimum atomic E-state index is 0.671. The van der Waals surface area contributed by atoms with Gasteiger partial charge >= 0.3 is 0 Å². The molecule has 0 spiro atoms. The van der Waals surface area contributed by atoms with Crippen LogP contribution in [0.15, 0.2) is 88.1 Å². The van der Waals surface area contributed by atoms with E-state index in [1.165, 1.54) is 29.6 Å². The summed E-state index contributed by atoms with van der Waals surface area (Å²) in [7, 11) is 3.98. The number of nitrogens with two attached hydrogens (primary N) is 1. The Hall–Kier alpha value is -2.96. The van der Waals surface area contributed by atoms with E-state index in [0.29, 0.717) is 6.54 Å². The van der Waals surface area contributed by atoms with Crippen LogP contribution in [-0.2, 0) is 0 Å². The molecule has 4 nitrogen and oxygen atoms in total. The van der Waals surface area contributed by atoms with Crippen molar-refractivity contribution in [2.75, 3.05) is 27.2 Å². The Kier molecular flexibility index (Phi) is 7.76. The predicted octanol–water partition coefficient (Wildman–Crippen LogP) is 4.08. The van der Waals surface area contributed by atoms with Crippen LogP contribution in [-0.4, -0.2) is 37.1 Å². The average Bonchev–Trinajstić information content (AvgIpc) is 3.50. The normalized spacial score (nSPS) is 18.3. The Labute approximate surface area is 181 Å². The first-order valence-corrected chi connectivity index (χ1v) is 10.5. The van der Waals surface area contributed by atoms with Crippen LogP contribution < -0.4 is 11.2 Å². The maximum absolute atomic E-state index is 6.39. The van der Waals surface area contributed by atoms with Gasteiger partial charge in [0, 0.05) is 44.9 Å². The monoisotopic (exact) mass is 400 g/mol. The molecule has 0 saturated heterocycles. The first-order chi connectivity index (χ1) is 14.5. The van der Waals surface area contributed by atoms with Gasteiger partial charge in [-0.3, -0.25) is 9.91 Å². The minimum absolute atomic E-state index is 0.671. The molecule has 0 aromatic carbocycles.